The Morgan fingerprint density at radius 1 is 1.24 bits per heavy atom. The first kappa shape index (κ1) is 15.4. The Balaban J connectivity index is 2.26. The highest BCUT2D eigenvalue weighted by Gasteiger charge is 2.27. The normalized spacial score (nSPS) is 11.7. The molecule has 0 saturated carbocycles. The summed E-state index contributed by atoms with van der Waals surface area (Å²) in [6.45, 7) is -1.44. The highest BCUT2D eigenvalue weighted by molar-refractivity contribution is 5.83. The van der Waals surface area contributed by atoms with Crippen molar-refractivity contribution in [1.82, 2.24) is 4.98 Å². The second kappa shape index (κ2) is 6.17. The van der Waals surface area contributed by atoms with Crippen molar-refractivity contribution in [2.45, 2.75) is 12.8 Å². The maximum absolute atomic E-state index is 12.1. The number of nitrogens with one attached hydrogen (secondary N) is 1. The molecule has 0 spiro atoms. The van der Waals surface area contributed by atoms with E-state index in [1.54, 1.807) is 38.4 Å². The monoisotopic (exact) mass is 300 g/mol. The third kappa shape index (κ3) is 3.98. The third-order valence-corrected chi connectivity index (χ3v) is 2.86. The van der Waals surface area contributed by atoms with Crippen LogP contribution >= 0.6 is 0 Å². The average molecular weight is 300 g/mol. The topological polar surface area (TPSA) is 43.4 Å². The van der Waals surface area contributed by atoms with Crippen LogP contribution in [0.25, 0.3) is 10.9 Å². The fourth-order valence-electron chi connectivity index (χ4n) is 1.92. The molecule has 0 radical (unpaired) electrons. The van der Waals surface area contributed by atoms with Gasteiger partial charge in [0.15, 0.2) is 0 Å². The molecule has 0 aliphatic carbocycles. The predicted octanol–water partition coefficient (Wildman–Crippen LogP) is 3.36. The quantitative estimate of drug-likeness (QED) is 0.919. The van der Waals surface area contributed by atoms with E-state index < -0.39 is 12.8 Å². The molecule has 2 rings (SSSR count). The molecule has 0 atom stereocenters. The van der Waals surface area contributed by atoms with E-state index in [0.29, 0.717) is 22.6 Å². The molecule has 0 aliphatic rings. The van der Waals surface area contributed by atoms with Crippen LogP contribution in [0.3, 0.4) is 0 Å². The molecule has 1 aromatic heterocycles. The van der Waals surface area contributed by atoms with E-state index in [1.807, 2.05) is 0 Å². The smallest absolute Gasteiger partial charge is 0.411 e. The lowest BCUT2D eigenvalue weighted by atomic mass is 10.1. The molecule has 1 N–H and O–H groups in total. The molecule has 21 heavy (non-hydrogen) atoms. The lowest BCUT2D eigenvalue weighted by Crippen LogP contribution is -2.17. The van der Waals surface area contributed by atoms with E-state index in [0.717, 1.165) is 5.39 Å². The van der Waals surface area contributed by atoms with Crippen molar-refractivity contribution >= 4 is 16.7 Å². The number of nitrogens with zero attached hydrogens (tertiary/aromatic N) is 1. The number of halogens is 3. The molecule has 7 heteroatoms. The zero-order chi connectivity index (χ0) is 15.5. The van der Waals surface area contributed by atoms with E-state index in [-0.39, 0.29) is 6.61 Å². The van der Waals surface area contributed by atoms with Crippen LogP contribution in [0.4, 0.5) is 19.0 Å². The Labute approximate surface area is 119 Å². The van der Waals surface area contributed by atoms with Crippen LogP contribution in [0, 0.1) is 0 Å². The Kier molecular flexibility index (Phi) is 4.52. The van der Waals surface area contributed by atoms with Crippen molar-refractivity contribution in [2.24, 2.45) is 0 Å². The first-order chi connectivity index (χ1) is 9.93. The third-order valence-electron chi connectivity index (χ3n) is 2.86. The van der Waals surface area contributed by atoms with Gasteiger partial charge in [0.25, 0.3) is 0 Å². The van der Waals surface area contributed by atoms with Crippen LogP contribution in [0.1, 0.15) is 5.56 Å². The van der Waals surface area contributed by atoms with Crippen molar-refractivity contribution in [3.8, 4) is 5.75 Å². The first-order valence-corrected chi connectivity index (χ1v) is 6.23. The summed E-state index contributed by atoms with van der Waals surface area (Å²) >= 11 is 0. The molecular formula is C14H15F3N2O2. The van der Waals surface area contributed by atoms with Crippen molar-refractivity contribution in [3.05, 3.63) is 29.8 Å². The zero-order valence-electron chi connectivity index (χ0n) is 11.6. The lowest BCUT2D eigenvalue weighted by Gasteiger charge is -2.12. The summed E-state index contributed by atoms with van der Waals surface area (Å²) in [6.07, 6.45) is -4.34. The van der Waals surface area contributed by atoms with E-state index >= 15 is 0 Å². The van der Waals surface area contributed by atoms with Gasteiger partial charge in [-0.3, -0.25) is 0 Å². The maximum Gasteiger partial charge on any atom is 0.411 e. The van der Waals surface area contributed by atoms with Gasteiger partial charge >= 0.3 is 6.18 Å². The predicted molar refractivity (Wildman–Crippen MR) is 73.6 cm³/mol. The van der Waals surface area contributed by atoms with Crippen molar-refractivity contribution in [2.75, 3.05) is 26.1 Å². The summed E-state index contributed by atoms with van der Waals surface area (Å²) in [5.41, 5.74) is 1.26. The minimum atomic E-state index is -4.34. The molecule has 114 valence electrons. The number of benzene rings is 1. The fraction of sp³-hybridized carbons (Fsp3) is 0.357. The maximum atomic E-state index is 12.1. The highest BCUT2D eigenvalue weighted by atomic mass is 19.4. The summed E-state index contributed by atoms with van der Waals surface area (Å²) in [6, 6.07) is 7.08. The number of anilines is 1. The number of alkyl halides is 3. The first-order valence-electron chi connectivity index (χ1n) is 6.23. The lowest BCUT2D eigenvalue weighted by molar-refractivity contribution is -0.176. The molecule has 0 saturated heterocycles. The van der Waals surface area contributed by atoms with Crippen LogP contribution in [0.5, 0.6) is 5.75 Å². The van der Waals surface area contributed by atoms with Gasteiger partial charge in [0.1, 0.15) is 18.2 Å². The number of pyridine rings is 1. The van der Waals surface area contributed by atoms with Gasteiger partial charge in [-0.15, -0.1) is 0 Å². The van der Waals surface area contributed by atoms with Gasteiger partial charge in [0, 0.05) is 24.1 Å². The molecule has 1 heterocycles. The Morgan fingerprint density at radius 3 is 2.62 bits per heavy atom. The van der Waals surface area contributed by atoms with Crippen molar-refractivity contribution in [3.63, 3.8) is 0 Å². The van der Waals surface area contributed by atoms with Gasteiger partial charge < -0.3 is 14.8 Å². The molecule has 0 bridgehead atoms. The molecule has 0 unspecified atom stereocenters. The van der Waals surface area contributed by atoms with Crippen molar-refractivity contribution in [1.29, 1.82) is 0 Å². The Hall–Kier alpha value is -2.02. The van der Waals surface area contributed by atoms with Gasteiger partial charge in [0.2, 0.25) is 0 Å². The van der Waals surface area contributed by atoms with E-state index in [4.69, 9.17) is 9.47 Å². The minimum Gasteiger partial charge on any atom is -0.497 e. The van der Waals surface area contributed by atoms with E-state index in [2.05, 4.69) is 10.3 Å². The SMILES string of the molecule is CNc1nc2cc(OC)ccc2cc1COCC(F)(F)F. The second-order valence-electron chi connectivity index (χ2n) is 4.41. The average Bonchev–Trinajstić information content (AvgIpc) is 2.44. The van der Waals surface area contributed by atoms with Gasteiger partial charge in [-0.05, 0) is 18.2 Å². The van der Waals surface area contributed by atoms with Crippen LogP contribution in [-0.4, -0.2) is 31.9 Å². The summed E-state index contributed by atoms with van der Waals surface area (Å²) in [5, 5.41) is 3.67. The summed E-state index contributed by atoms with van der Waals surface area (Å²) in [5.74, 6) is 1.15. The Morgan fingerprint density at radius 2 is 2.00 bits per heavy atom. The number of ether oxygens (including phenoxy) is 2. The second-order valence-corrected chi connectivity index (χ2v) is 4.41. The van der Waals surface area contributed by atoms with E-state index in [9.17, 15) is 13.2 Å². The zero-order valence-corrected chi connectivity index (χ0v) is 11.6. The summed E-state index contributed by atoms with van der Waals surface area (Å²) in [4.78, 5) is 4.36. The van der Waals surface area contributed by atoms with Gasteiger partial charge in [-0.1, -0.05) is 0 Å². The summed E-state index contributed by atoms with van der Waals surface area (Å²) < 4.78 is 46.1. The Bertz CT molecular complexity index is 629. The minimum absolute atomic E-state index is 0.162. The van der Waals surface area contributed by atoms with Crippen LogP contribution < -0.4 is 10.1 Å². The standard InChI is InChI=1S/C14H15F3N2O2/c1-18-13-10(7-21-8-14(15,16)17)5-9-3-4-11(20-2)6-12(9)19-13/h3-6H,7-8H2,1-2H3,(H,18,19). The molecular weight excluding hydrogens is 285 g/mol. The van der Waals surface area contributed by atoms with Gasteiger partial charge in [0.05, 0.1) is 19.2 Å². The van der Waals surface area contributed by atoms with E-state index in [1.165, 1.54) is 0 Å². The van der Waals surface area contributed by atoms with Crippen molar-refractivity contribution < 1.29 is 22.6 Å². The molecule has 0 fully saturated rings. The number of fused-ring (bicyclic) bond motifs is 1. The van der Waals surface area contributed by atoms with Crippen LogP contribution in [0.15, 0.2) is 24.3 Å². The highest BCUT2D eigenvalue weighted by Crippen LogP contribution is 2.25. The molecule has 2 aromatic rings. The van der Waals surface area contributed by atoms with Crippen LogP contribution in [0.2, 0.25) is 0 Å². The number of hydrogen-bond donors (Lipinski definition) is 1. The number of methoxy groups -OCH3 is 1. The van der Waals surface area contributed by atoms with Crippen LogP contribution in [-0.2, 0) is 11.3 Å². The largest absolute Gasteiger partial charge is 0.497 e. The fourth-order valence-corrected chi connectivity index (χ4v) is 1.92. The van der Waals surface area contributed by atoms with Gasteiger partial charge in [-0.25, -0.2) is 4.98 Å². The number of rotatable bonds is 5. The van der Waals surface area contributed by atoms with Gasteiger partial charge in [-0.2, -0.15) is 13.2 Å². The number of aromatic nitrogens is 1. The molecule has 0 amide bonds. The molecule has 1 aromatic carbocycles. The molecule has 4 nitrogen and oxygen atoms in total. The number of hydrogen-bond acceptors (Lipinski definition) is 4. The summed E-state index contributed by atoms with van der Waals surface area (Å²) in [7, 11) is 3.21. The molecule has 0 aliphatic heterocycles.